The van der Waals surface area contributed by atoms with Crippen LogP contribution in [0.5, 0.6) is 0 Å². The number of aromatic nitrogens is 4. The van der Waals surface area contributed by atoms with E-state index >= 15 is 0 Å². The average molecular weight is 574 g/mol. The molecular weight excluding hydrogens is 547 g/mol. The summed E-state index contributed by atoms with van der Waals surface area (Å²) in [5.41, 5.74) is 7.34. The van der Waals surface area contributed by atoms with Crippen molar-refractivity contribution in [3.05, 3.63) is 101 Å². The number of carbonyl (C=O) groups excluding carboxylic acids is 1. The predicted molar refractivity (Wildman–Crippen MR) is 154 cm³/mol. The van der Waals surface area contributed by atoms with Crippen molar-refractivity contribution in [1.82, 2.24) is 24.4 Å². The topological polar surface area (TPSA) is 120 Å². The van der Waals surface area contributed by atoms with Crippen LogP contribution in [-0.4, -0.2) is 38.1 Å². The average Bonchev–Trinajstić information content (AvgIpc) is 3.39. The zero-order valence-electron chi connectivity index (χ0n) is 22.2. The summed E-state index contributed by atoms with van der Waals surface area (Å²) >= 11 is 0. The molecule has 4 N–H and O–H groups in total. The molecule has 1 amide bonds. The van der Waals surface area contributed by atoms with E-state index in [-0.39, 0.29) is 17.3 Å². The van der Waals surface area contributed by atoms with Crippen LogP contribution >= 0.6 is 0 Å². The number of nitrogens with one attached hydrogen (secondary N) is 2. The summed E-state index contributed by atoms with van der Waals surface area (Å²) in [5, 5.41) is 6.83. The van der Waals surface area contributed by atoms with Gasteiger partial charge in [-0.15, -0.1) is 0 Å². The fourth-order valence-corrected chi connectivity index (χ4v) is 5.32. The summed E-state index contributed by atoms with van der Waals surface area (Å²) < 4.78 is 42.7. The zero-order chi connectivity index (χ0) is 29.4. The van der Waals surface area contributed by atoms with Gasteiger partial charge in [-0.25, -0.2) is 9.97 Å². The van der Waals surface area contributed by atoms with Gasteiger partial charge in [0.15, 0.2) is 0 Å². The minimum atomic E-state index is -4.57. The number of amides is 1. The van der Waals surface area contributed by atoms with Crippen molar-refractivity contribution >= 4 is 28.4 Å². The second kappa shape index (κ2) is 10.8. The largest absolute Gasteiger partial charge is 0.416 e. The highest BCUT2D eigenvalue weighted by Gasteiger charge is 2.30. The van der Waals surface area contributed by atoms with E-state index in [1.807, 2.05) is 18.3 Å². The summed E-state index contributed by atoms with van der Waals surface area (Å²) in [6.07, 6.45) is 2.18. The van der Waals surface area contributed by atoms with Crippen LogP contribution in [0.15, 0.2) is 84.2 Å². The third-order valence-electron chi connectivity index (χ3n) is 7.44. The van der Waals surface area contributed by atoms with E-state index in [1.54, 1.807) is 12.1 Å². The number of anilines is 2. The quantitative estimate of drug-likeness (QED) is 0.272. The van der Waals surface area contributed by atoms with Gasteiger partial charge in [-0.1, -0.05) is 18.2 Å². The lowest BCUT2D eigenvalue weighted by atomic mass is 10.1. The van der Waals surface area contributed by atoms with Gasteiger partial charge >= 0.3 is 6.18 Å². The van der Waals surface area contributed by atoms with Crippen LogP contribution in [-0.2, 0) is 6.18 Å². The monoisotopic (exact) mass is 573 g/mol. The number of nitrogen functional groups attached to an aromatic ring is 1. The molecule has 12 heteroatoms. The summed E-state index contributed by atoms with van der Waals surface area (Å²) in [6.45, 7) is 1.84. The van der Waals surface area contributed by atoms with Crippen molar-refractivity contribution in [2.45, 2.75) is 25.1 Å². The van der Waals surface area contributed by atoms with Crippen LogP contribution < -0.4 is 21.9 Å². The third kappa shape index (κ3) is 5.12. The lowest BCUT2D eigenvalue weighted by Crippen LogP contribution is -2.29. The maximum absolute atomic E-state index is 13.2. The van der Waals surface area contributed by atoms with E-state index in [0.29, 0.717) is 11.5 Å². The number of nitrogens with two attached hydrogens (primary N) is 1. The summed E-state index contributed by atoms with van der Waals surface area (Å²) in [7, 11) is 0. The Kier molecular flexibility index (Phi) is 6.99. The number of halogens is 3. The van der Waals surface area contributed by atoms with Gasteiger partial charge < -0.3 is 20.9 Å². The number of benzene rings is 2. The number of nitrogens with zero attached hydrogens (tertiary/aromatic N) is 4. The van der Waals surface area contributed by atoms with Crippen LogP contribution in [0.1, 0.15) is 34.8 Å². The second-order valence-corrected chi connectivity index (χ2v) is 10.1. The Bertz CT molecular complexity index is 1840. The molecule has 0 radical (unpaired) electrons. The Morgan fingerprint density at radius 2 is 1.79 bits per heavy atom. The van der Waals surface area contributed by atoms with Crippen molar-refractivity contribution in [2.24, 2.45) is 0 Å². The van der Waals surface area contributed by atoms with Gasteiger partial charge in [0.1, 0.15) is 23.4 Å². The maximum atomic E-state index is 13.2. The summed E-state index contributed by atoms with van der Waals surface area (Å²) in [5.74, 6) is -0.310. The highest BCUT2D eigenvalue weighted by Crippen LogP contribution is 2.36. The Hall–Kier alpha value is -4.97. The number of pyridine rings is 1. The summed E-state index contributed by atoms with van der Waals surface area (Å²) in [4.78, 5) is 34.8. The Balaban J connectivity index is 1.27. The number of fused-ring (bicyclic) bond motifs is 1. The van der Waals surface area contributed by atoms with Crippen LogP contribution in [0, 0.1) is 0 Å². The molecule has 0 unspecified atom stereocenters. The van der Waals surface area contributed by atoms with Crippen molar-refractivity contribution in [1.29, 1.82) is 0 Å². The number of piperidine rings is 1. The van der Waals surface area contributed by atoms with E-state index < -0.39 is 23.2 Å². The maximum Gasteiger partial charge on any atom is 0.416 e. The van der Waals surface area contributed by atoms with Gasteiger partial charge in [0.2, 0.25) is 0 Å². The molecule has 0 bridgehead atoms. The first-order valence-electron chi connectivity index (χ1n) is 13.3. The first-order chi connectivity index (χ1) is 20.2. The van der Waals surface area contributed by atoms with E-state index in [2.05, 4.69) is 25.2 Å². The molecular formula is C30H26F3N7O2. The molecule has 0 atom stereocenters. The van der Waals surface area contributed by atoms with E-state index in [4.69, 9.17) is 5.73 Å². The predicted octanol–water partition coefficient (Wildman–Crippen LogP) is 5.03. The van der Waals surface area contributed by atoms with Crippen LogP contribution in [0.2, 0.25) is 0 Å². The smallest absolute Gasteiger partial charge is 0.383 e. The number of hydrogen-bond acceptors (Lipinski definition) is 6. The Labute approximate surface area is 237 Å². The van der Waals surface area contributed by atoms with E-state index in [1.165, 1.54) is 36.8 Å². The normalized spacial score (nSPS) is 14.3. The van der Waals surface area contributed by atoms with Crippen molar-refractivity contribution in [3.8, 4) is 16.8 Å². The molecule has 3 aromatic heterocycles. The van der Waals surface area contributed by atoms with Gasteiger partial charge in [0, 0.05) is 35.4 Å². The van der Waals surface area contributed by atoms with Gasteiger partial charge in [-0.2, -0.15) is 13.2 Å². The van der Waals surface area contributed by atoms with Gasteiger partial charge in [-0.3, -0.25) is 14.2 Å². The molecule has 9 nitrogen and oxygen atoms in total. The minimum Gasteiger partial charge on any atom is -0.383 e. The first-order valence-corrected chi connectivity index (χ1v) is 13.3. The number of hydrogen-bond donors (Lipinski definition) is 3. The number of carbonyl (C=O) groups is 1. The molecule has 1 saturated heterocycles. The molecule has 42 heavy (non-hydrogen) atoms. The van der Waals surface area contributed by atoms with E-state index in [9.17, 15) is 22.8 Å². The number of alkyl halides is 3. The highest BCUT2D eigenvalue weighted by molar-refractivity contribution is 6.04. The molecule has 4 heterocycles. The molecule has 6 rings (SSSR count). The lowest BCUT2D eigenvalue weighted by Gasteiger charge is -2.24. The molecule has 214 valence electrons. The van der Waals surface area contributed by atoms with Gasteiger partial charge in [0.05, 0.1) is 10.9 Å². The molecule has 1 aliphatic heterocycles. The molecule has 0 saturated carbocycles. The summed E-state index contributed by atoms with van der Waals surface area (Å²) in [6, 6.07) is 14.5. The molecule has 0 spiro atoms. The highest BCUT2D eigenvalue weighted by atomic mass is 19.4. The van der Waals surface area contributed by atoms with Crippen molar-refractivity contribution < 1.29 is 18.0 Å². The fraction of sp³-hybridized carbons (Fsp3) is 0.200. The fourth-order valence-electron chi connectivity index (χ4n) is 5.32. The first kappa shape index (κ1) is 27.2. The standard InChI is InChI=1S/C30H26F3N7O2/c31-30(32,33)19-3-1-4-22(15-19)39-14-2-5-23(29(39)42)28(41)38-20-8-6-18(7-9-20)24-16-40(21-10-12-35-13-11-21)27-25(24)26(34)36-17-37-27/h1-9,14-17,21,35H,10-13H2,(H,38,41)(H2,34,36,37). The second-order valence-electron chi connectivity index (χ2n) is 10.1. The molecule has 2 aromatic carbocycles. The van der Waals surface area contributed by atoms with Crippen molar-refractivity contribution in [2.75, 3.05) is 24.1 Å². The lowest BCUT2D eigenvalue weighted by molar-refractivity contribution is -0.137. The van der Waals surface area contributed by atoms with Crippen LogP contribution in [0.25, 0.3) is 27.8 Å². The molecule has 1 fully saturated rings. The van der Waals surface area contributed by atoms with Crippen LogP contribution in [0.4, 0.5) is 24.7 Å². The van der Waals surface area contributed by atoms with Gasteiger partial charge in [0.25, 0.3) is 11.5 Å². The molecule has 5 aromatic rings. The Morgan fingerprint density at radius 3 is 2.52 bits per heavy atom. The number of rotatable bonds is 5. The SMILES string of the molecule is Nc1ncnc2c1c(-c1ccc(NC(=O)c3cccn(-c4cccc(C(F)(F)F)c4)c3=O)cc1)cn2C1CCNCC1. The van der Waals surface area contributed by atoms with Crippen LogP contribution in [0.3, 0.4) is 0 Å². The Morgan fingerprint density at radius 1 is 1.02 bits per heavy atom. The third-order valence-corrected chi connectivity index (χ3v) is 7.44. The molecule has 0 aliphatic carbocycles. The minimum absolute atomic E-state index is 0.000679. The zero-order valence-corrected chi connectivity index (χ0v) is 22.2. The molecule has 1 aliphatic rings. The van der Waals surface area contributed by atoms with Crippen molar-refractivity contribution in [3.63, 3.8) is 0 Å². The van der Waals surface area contributed by atoms with Gasteiger partial charge in [-0.05, 0) is 74.0 Å². The van der Waals surface area contributed by atoms with E-state index in [0.717, 1.165) is 64.8 Å².